The van der Waals surface area contributed by atoms with E-state index in [4.69, 9.17) is 4.42 Å². The molecule has 2 aromatic carbocycles. The predicted molar refractivity (Wildman–Crippen MR) is 81.1 cm³/mol. The van der Waals surface area contributed by atoms with E-state index in [0.29, 0.717) is 11.6 Å². The van der Waals surface area contributed by atoms with E-state index >= 15 is 0 Å². The molecule has 0 aliphatic carbocycles. The van der Waals surface area contributed by atoms with Gasteiger partial charge in [0.15, 0.2) is 10.5 Å². The van der Waals surface area contributed by atoms with Gasteiger partial charge in [-0.25, -0.2) is 4.98 Å². The zero-order valence-corrected chi connectivity index (χ0v) is 12.2. The van der Waals surface area contributed by atoms with Gasteiger partial charge in [0.25, 0.3) is 0 Å². The topological polar surface area (TPSA) is 49.1 Å². The van der Waals surface area contributed by atoms with Crippen molar-refractivity contribution in [2.45, 2.75) is 18.7 Å². The lowest BCUT2D eigenvalue weighted by atomic mass is 10.2. The summed E-state index contributed by atoms with van der Waals surface area (Å²) < 4.78 is 17.9. The SMILES string of the molecule is CC[S+]([O-])c1ccccc1-c1nc2cc(C)ccc2o1. The van der Waals surface area contributed by atoms with Crippen LogP contribution in [0.15, 0.2) is 51.8 Å². The van der Waals surface area contributed by atoms with Gasteiger partial charge in [0.1, 0.15) is 11.3 Å². The lowest BCUT2D eigenvalue weighted by Gasteiger charge is -2.10. The third-order valence-electron chi connectivity index (χ3n) is 3.17. The van der Waals surface area contributed by atoms with Gasteiger partial charge in [-0.05, 0) is 54.9 Å². The fourth-order valence-electron chi connectivity index (χ4n) is 2.15. The van der Waals surface area contributed by atoms with E-state index in [-0.39, 0.29) is 0 Å². The molecule has 0 N–H and O–H groups in total. The van der Waals surface area contributed by atoms with E-state index in [0.717, 1.165) is 27.1 Å². The van der Waals surface area contributed by atoms with Crippen LogP contribution in [-0.4, -0.2) is 15.3 Å². The average Bonchev–Trinajstić information content (AvgIpc) is 2.89. The van der Waals surface area contributed by atoms with Gasteiger partial charge in [-0.1, -0.05) is 18.2 Å². The monoisotopic (exact) mass is 285 g/mol. The molecule has 0 fully saturated rings. The Bertz CT molecular complexity index is 751. The Kier molecular flexibility index (Phi) is 3.51. The van der Waals surface area contributed by atoms with Crippen molar-refractivity contribution in [2.24, 2.45) is 0 Å². The minimum atomic E-state index is -1.03. The summed E-state index contributed by atoms with van der Waals surface area (Å²) in [5, 5.41) is 0. The van der Waals surface area contributed by atoms with Crippen molar-refractivity contribution in [1.82, 2.24) is 4.98 Å². The van der Waals surface area contributed by atoms with Crippen LogP contribution < -0.4 is 0 Å². The van der Waals surface area contributed by atoms with Crippen LogP contribution >= 0.6 is 0 Å². The van der Waals surface area contributed by atoms with Gasteiger partial charge in [0, 0.05) is 0 Å². The van der Waals surface area contributed by atoms with Gasteiger partial charge in [-0.2, -0.15) is 0 Å². The standard InChI is InChI=1S/C16H15NO2S/c1-3-20(18)15-7-5-4-6-12(15)16-17-13-10-11(2)8-9-14(13)19-16/h4-10H,3H2,1-2H3. The maximum atomic E-state index is 12.1. The Morgan fingerprint density at radius 2 is 2.00 bits per heavy atom. The van der Waals surface area contributed by atoms with Crippen LogP contribution in [0, 0.1) is 6.92 Å². The van der Waals surface area contributed by atoms with Crippen LogP contribution in [0.1, 0.15) is 12.5 Å². The van der Waals surface area contributed by atoms with E-state index in [9.17, 15) is 4.55 Å². The van der Waals surface area contributed by atoms with Crippen LogP contribution in [-0.2, 0) is 11.2 Å². The number of rotatable bonds is 3. The van der Waals surface area contributed by atoms with Crippen molar-refractivity contribution in [2.75, 3.05) is 5.75 Å². The summed E-state index contributed by atoms with van der Waals surface area (Å²) >= 11 is -1.03. The predicted octanol–water partition coefficient (Wildman–Crippen LogP) is 3.93. The number of fused-ring (bicyclic) bond motifs is 1. The summed E-state index contributed by atoms with van der Waals surface area (Å²) in [6.07, 6.45) is 0. The molecule has 1 aromatic heterocycles. The molecule has 1 atom stereocenters. The van der Waals surface area contributed by atoms with E-state index in [1.165, 1.54) is 0 Å². The Morgan fingerprint density at radius 1 is 1.20 bits per heavy atom. The van der Waals surface area contributed by atoms with Crippen molar-refractivity contribution < 1.29 is 8.97 Å². The maximum absolute atomic E-state index is 12.1. The first-order valence-electron chi connectivity index (χ1n) is 6.54. The highest BCUT2D eigenvalue weighted by atomic mass is 32.2. The summed E-state index contributed by atoms with van der Waals surface area (Å²) in [7, 11) is 0. The number of hydrogen-bond donors (Lipinski definition) is 0. The zero-order chi connectivity index (χ0) is 14.1. The molecule has 3 aromatic rings. The number of benzene rings is 2. The highest BCUT2D eigenvalue weighted by molar-refractivity contribution is 7.91. The summed E-state index contributed by atoms with van der Waals surface area (Å²) in [5.74, 6) is 1.11. The molecule has 102 valence electrons. The fourth-order valence-corrected chi connectivity index (χ4v) is 3.09. The minimum Gasteiger partial charge on any atom is -0.611 e. The van der Waals surface area contributed by atoms with Crippen molar-refractivity contribution in [3.05, 3.63) is 48.0 Å². The van der Waals surface area contributed by atoms with Crippen LogP contribution in [0.3, 0.4) is 0 Å². The number of nitrogens with zero attached hydrogens (tertiary/aromatic N) is 1. The third-order valence-corrected chi connectivity index (χ3v) is 4.54. The number of oxazole rings is 1. The molecule has 3 rings (SSSR count). The molecule has 0 spiro atoms. The normalized spacial score (nSPS) is 12.8. The van der Waals surface area contributed by atoms with Gasteiger partial charge in [0.2, 0.25) is 5.89 Å². The van der Waals surface area contributed by atoms with Gasteiger partial charge in [-0.15, -0.1) is 0 Å². The highest BCUT2D eigenvalue weighted by Crippen LogP contribution is 2.30. The Hall–Kier alpha value is -1.78. The van der Waals surface area contributed by atoms with Gasteiger partial charge in [-0.3, -0.25) is 0 Å². The largest absolute Gasteiger partial charge is 0.611 e. The second kappa shape index (κ2) is 5.31. The molecular weight excluding hydrogens is 270 g/mol. The fraction of sp³-hybridized carbons (Fsp3) is 0.188. The van der Waals surface area contributed by atoms with Gasteiger partial charge < -0.3 is 8.97 Å². The molecule has 0 aliphatic heterocycles. The Morgan fingerprint density at radius 3 is 2.80 bits per heavy atom. The second-order valence-electron chi connectivity index (χ2n) is 4.62. The minimum absolute atomic E-state index is 0.531. The summed E-state index contributed by atoms with van der Waals surface area (Å²) in [4.78, 5) is 5.30. The molecule has 0 amide bonds. The molecule has 0 radical (unpaired) electrons. The molecule has 4 heteroatoms. The third kappa shape index (κ3) is 2.32. The Balaban J connectivity index is 2.15. The zero-order valence-electron chi connectivity index (χ0n) is 11.4. The van der Waals surface area contributed by atoms with Crippen LogP contribution in [0.2, 0.25) is 0 Å². The average molecular weight is 285 g/mol. The van der Waals surface area contributed by atoms with Gasteiger partial charge in [0.05, 0.1) is 5.56 Å². The highest BCUT2D eigenvalue weighted by Gasteiger charge is 2.19. The van der Waals surface area contributed by atoms with Crippen LogP contribution in [0.4, 0.5) is 0 Å². The number of hydrogen-bond acceptors (Lipinski definition) is 3. The molecule has 20 heavy (non-hydrogen) atoms. The van der Waals surface area contributed by atoms with Crippen molar-refractivity contribution in [3.63, 3.8) is 0 Å². The number of aromatic nitrogens is 1. The lowest BCUT2D eigenvalue weighted by molar-refractivity contribution is 0.593. The maximum Gasteiger partial charge on any atom is 0.232 e. The van der Waals surface area contributed by atoms with E-state index in [1.807, 2.05) is 56.3 Å². The lowest BCUT2D eigenvalue weighted by Crippen LogP contribution is -2.05. The van der Waals surface area contributed by atoms with E-state index < -0.39 is 11.2 Å². The first kappa shape index (κ1) is 13.2. The van der Waals surface area contributed by atoms with Crippen LogP contribution in [0.25, 0.3) is 22.6 Å². The van der Waals surface area contributed by atoms with Gasteiger partial charge >= 0.3 is 0 Å². The second-order valence-corrected chi connectivity index (χ2v) is 6.33. The summed E-state index contributed by atoms with van der Waals surface area (Å²) in [6.45, 7) is 3.93. The Labute approximate surface area is 120 Å². The molecule has 0 saturated carbocycles. The van der Waals surface area contributed by atoms with Crippen molar-refractivity contribution >= 4 is 22.3 Å². The quantitative estimate of drug-likeness (QED) is 0.685. The van der Waals surface area contributed by atoms with E-state index in [1.54, 1.807) is 0 Å². The first-order valence-corrected chi connectivity index (χ1v) is 7.86. The molecule has 0 saturated heterocycles. The van der Waals surface area contributed by atoms with Crippen LogP contribution in [0.5, 0.6) is 0 Å². The molecule has 0 bridgehead atoms. The van der Waals surface area contributed by atoms with Crippen molar-refractivity contribution in [1.29, 1.82) is 0 Å². The molecule has 1 unspecified atom stereocenters. The summed E-state index contributed by atoms with van der Waals surface area (Å²) in [6, 6.07) is 13.5. The molecular formula is C16H15NO2S. The van der Waals surface area contributed by atoms with E-state index in [2.05, 4.69) is 4.98 Å². The molecule has 3 nitrogen and oxygen atoms in total. The molecule has 0 aliphatic rings. The smallest absolute Gasteiger partial charge is 0.232 e. The molecule has 1 heterocycles. The first-order chi connectivity index (χ1) is 9.69. The number of aryl methyl sites for hydroxylation is 1. The summed E-state index contributed by atoms with van der Waals surface area (Å²) in [5.41, 5.74) is 3.53. The van der Waals surface area contributed by atoms with Crippen molar-refractivity contribution in [3.8, 4) is 11.5 Å².